The molecule has 1 aromatic rings. The highest BCUT2D eigenvalue weighted by molar-refractivity contribution is 7.91. The Balaban J connectivity index is 1.55. The first-order valence-electron chi connectivity index (χ1n) is 9.53. The normalized spacial score (nSPS) is 28.7. The van der Waals surface area contributed by atoms with Gasteiger partial charge in [-0.2, -0.15) is 0 Å². The van der Waals surface area contributed by atoms with Gasteiger partial charge in [0, 0.05) is 18.3 Å². The van der Waals surface area contributed by atoms with Crippen LogP contribution in [0.4, 0.5) is 5.69 Å². The van der Waals surface area contributed by atoms with Gasteiger partial charge in [0.2, 0.25) is 5.91 Å². The van der Waals surface area contributed by atoms with Gasteiger partial charge in [0.1, 0.15) is 0 Å². The number of carbonyl (C=O) groups excluding carboxylic acids is 1. The molecule has 2 fully saturated rings. The molecular weight excluding hydrogens is 348 g/mol. The minimum atomic E-state index is -3.12. The molecule has 0 saturated carbocycles. The molecule has 2 aliphatic heterocycles. The molecule has 2 atom stereocenters. The van der Waals surface area contributed by atoms with E-state index in [4.69, 9.17) is 0 Å². The Hall–Kier alpha value is -1.66. The first kappa shape index (κ1) is 17.7. The van der Waals surface area contributed by atoms with E-state index < -0.39 is 9.84 Å². The van der Waals surface area contributed by atoms with Crippen LogP contribution in [0.3, 0.4) is 0 Å². The van der Waals surface area contributed by atoms with Gasteiger partial charge in [-0.15, -0.1) is 0 Å². The van der Waals surface area contributed by atoms with Crippen LogP contribution in [0.1, 0.15) is 32.1 Å². The molecule has 2 saturated heterocycles. The van der Waals surface area contributed by atoms with Gasteiger partial charge in [-0.05, 0) is 44.2 Å². The quantitative estimate of drug-likeness (QED) is 0.760. The number of anilines is 1. The summed E-state index contributed by atoms with van der Waals surface area (Å²) in [4.78, 5) is 16.7. The zero-order valence-electron chi connectivity index (χ0n) is 15.0. The number of benzene rings is 1. The summed E-state index contributed by atoms with van der Waals surface area (Å²) in [6.45, 7) is 1.08. The number of nitrogens with zero attached hydrogens (tertiary/aromatic N) is 2. The number of para-hydroxylation sites is 1. The van der Waals surface area contributed by atoms with E-state index >= 15 is 0 Å². The van der Waals surface area contributed by atoms with Gasteiger partial charge < -0.3 is 4.90 Å². The zero-order chi connectivity index (χ0) is 18.1. The number of allylic oxidation sites excluding steroid dienone is 1. The Labute approximate surface area is 155 Å². The van der Waals surface area contributed by atoms with Crippen LogP contribution in [0, 0.1) is 0 Å². The molecule has 2 heterocycles. The summed E-state index contributed by atoms with van der Waals surface area (Å²) in [6, 6.07) is 9.10. The SMILES string of the molecule is O=C1CN(CCC2=CCCCC2)C2CS(=O)(=O)CC2N1c1ccccc1. The van der Waals surface area contributed by atoms with Gasteiger partial charge in [-0.3, -0.25) is 9.69 Å². The summed E-state index contributed by atoms with van der Waals surface area (Å²) in [5.74, 6) is 0.234. The fourth-order valence-electron chi connectivity index (χ4n) is 4.55. The summed E-state index contributed by atoms with van der Waals surface area (Å²) in [6.07, 6.45) is 8.07. The van der Waals surface area contributed by atoms with Crippen molar-refractivity contribution in [2.75, 3.05) is 29.5 Å². The lowest BCUT2D eigenvalue weighted by molar-refractivity contribution is -0.123. The molecule has 1 aromatic carbocycles. The predicted molar refractivity (Wildman–Crippen MR) is 103 cm³/mol. The van der Waals surface area contributed by atoms with E-state index in [2.05, 4.69) is 11.0 Å². The zero-order valence-corrected chi connectivity index (χ0v) is 15.8. The van der Waals surface area contributed by atoms with Crippen molar-refractivity contribution in [1.82, 2.24) is 4.90 Å². The molecule has 0 bridgehead atoms. The topological polar surface area (TPSA) is 57.7 Å². The lowest BCUT2D eigenvalue weighted by Crippen LogP contribution is -2.62. The maximum Gasteiger partial charge on any atom is 0.241 e. The number of piperazine rings is 1. The first-order chi connectivity index (χ1) is 12.5. The third-order valence-corrected chi connectivity index (χ3v) is 7.54. The Bertz CT molecular complexity index is 804. The van der Waals surface area contributed by atoms with Gasteiger partial charge in [-0.1, -0.05) is 29.8 Å². The second kappa shape index (κ2) is 7.16. The van der Waals surface area contributed by atoms with E-state index in [-0.39, 0.29) is 29.5 Å². The molecule has 1 aliphatic carbocycles. The number of amides is 1. The van der Waals surface area contributed by atoms with Gasteiger partial charge in [-0.25, -0.2) is 8.42 Å². The molecule has 4 rings (SSSR count). The second-order valence-electron chi connectivity index (χ2n) is 7.64. The number of hydrogen-bond donors (Lipinski definition) is 0. The largest absolute Gasteiger partial charge is 0.306 e. The van der Waals surface area contributed by atoms with Crippen molar-refractivity contribution < 1.29 is 13.2 Å². The van der Waals surface area contributed by atoms with Gasteiger partial charge in [0.25, 0.3) is 0 Å². The summed E-state index contributed by atoms with van der Waals surface area (Å²) in [5.41, 5.74) is 2.27. The second-order valence-corrected chi connectivity index (χ2v) is 9.79. The Morgan fingerprint density at radius 1 is 1.04 bits per heavy atom. The number of carbonyl (C=O) groups is 1. The maximum absolute atomic E-state index is 12.9. The fourth-order valence-corrected chi connectivity index (χ4v) is 6.53. The minimum absolute atomic E-state index is 0.00664. The summed E-state index contributed by atoms with van der Waals surface area (Å²) in [7, 11) is -3.12. The van der Waals surface area contributed by atoms with Crippen LogP contribution < -0.4 is 4.90 Å². The monoisotopic (exact) mass is 374 g/mol. The van der Waals surface area contributed by atoms with Crippen LogP contribution in [0.15, 0.2) is 42.0 Å². The highest BCUT2D eigenvalue weighted by Crippen LogP contribution is 2.32. The fraction of sp³-hybridized carbons (Fsp3) is 0.550. The van der Waals surface area contributed by atoms with Crippen LogP contribution in [0.2, 0.25) is 0 Å². The summed E-state index contributed by atoms with van der Waals surface area (Å²) < 4.78 is 24.7. The lowest BCUT2D eigenvalue weighted by atomic mass is 9.96. The number of sulfone groups is 1. The molecule has 5 nitrogen and oxygen atoms in total. The molecule has 1 amide bonds. The molecule has 0 radical (unpaired) electrons. The van der Waals surface area contributed by atoms with E-state index in [1.54, 1.807) is 4.90 Å². The van der Waals surface area contributed by atoms with Crippen LogP contribution in [-0.2, 0) is 14.6 Å². The van der Waals surface area contributed by atoms with Crippen molar-refractivity contribution in [3.05, 3.63) is 42.0 Å². The van der Waals surface area contributed by atoms with E-state index in [9.17, 15) is 13.2 Å². The average molecular weight is 375 g/mol. The third kappa shape index (κ3) is 3.58. The van der Waals surface area contributed by atoms with Crippen molar-refractivity contribution in [2.24, 2.45) is 0 Å². The maximum atomic E-state index is 12.9. The van der Waals surface area contributed by atoms with E-state index in [1.807, 2.05) is 30.3 Å². The number of hydrogen-bond acceptors (Lipinski definition) is 4. The molecule has 3 aliphatic rings. The highest BCUT2D eigenvalue weighted by atomic mass is 32.2. The van der Waals surface area contributed by atoms with Crippen molar-refractivity contribution >= 4 is 21.4 Å². The molecule has 2 unspecified atom stereocenters. The van der Waals surface area contributed by atoms with Gasteiger partial charge in [0.15, 0.2) is 9.84 Å². The van der Waals surface area contributed by atoms with Crippen LogP contribution in [0.5, 0.6) is 0 Å². The van der Waals surface area contributed by atoms with Crippen molar-refractivity contribution in [3.63, 3.8) is 0 Å². The van der Waals surface area contributed by atoms with E-state index in [0.29, 0.717) is 6.54 Å². The van der Waals surface area contributed by atoms with Gasteiger partial charge >= 0.3 is 0 Å². The standard InChI is InChI=1S/C20H26N2O3S/c23-20-13-21(12-11-16-7-3-1-4-8-16)18-14-26(24,25)15-19(18)22(20)17-9-5-2-6-10-17/h2,5-7,9-10,18-19H,1,3-4,8,11-15H2. The van der Waals surface area contributed by atoms with Crippen molar-refractivity contribution in [1.29, 1.82) is 0 Å². The van der Waals surface area contributed by atoms with Crippen molar-refractivity contribution in [2.45, 2.75) is 44.2 Å². The molecular formula is C20H26N2O3S. The van der Waals surface area contributed by atoms with E-state index in [0.717, 1.165) is 31.5 Å². The molecule has 26 heavy (non-hydrogen) atoms. The number of rotatable bonds is 4. The van der Waals surface area contributed by atoms with Crippen LogP contribution in [0.25, 0.3) is 0 Å². The molecule has 0 aromatic heterocycles. The lowest BCUT2D eigenvalue weighted by Gasteiger charge is -2.43. The van der Waals surface area contributed by atoms with Crippen LogP contribution in [-0.4, -0.2) is 55.9 Å². The summed E-state index contributed by atoms with van der Waals surface area (Å²) in [5, 5.41) is 0. The first-order valence-corrected chi connectivity index (χ1v) is 11.4. The van der Waals surface area contributed by atoms with E-state index in [1.165, 1.54) is 18.4 Å². The van der Waals surface area contributed by atoms with Crippen LogP contribution >= 0.6 is 0 Å². The third-order valence-electron chi connectivity index (χ3n) is 5.84. The summed E-state index contributed by atoms with van der Waals surface area (Å²) >= 11 is 0. The Kier molecular flexibility index (Phi) is 4.88. The van der Waals surface area contributed by atoms with Crippen molar-refractivity contribution in [3.8, 4) is 0 Å². The number of fused-ring (bicyclic) bond motifs is 1. The average Bonchev–Trinajstić information content (AvgIpc) is 2.96. The molecule has 0 N–H and O–H groups in total. The van der Waals surface area contributed by atoms with Gasteiger partial charge in [0.05, 0.1) is 24.1 Å². The Morgan fingerprint density at radius 2 is 1.81 bits per heavy atom. The highest BCUT2D eigenvalue weighted by Gasteiger charge is 2.49. The Morgan fingerprint density at radius 3 is 2.54 bits per heavy atom. The predicted octanol–water partition coefficient (Wildman–Crippen LogP) is 2.39. The molecule has 6 heteroatoms. The minimum Gasteiger partial charge on any atom is -0.306 e. The smallest absolute Gasteiger partial charge is 0.241 e. The molecule has 140 valence electrons. The molecule has 0 spiro atoms.